The number of hydrogen-bond acceptors (Lipinski definition) is 3. The van der Waals surface area contributed by atoms with Crippen molar-refractivity contribution in [2.75, 3.05) is 18.4 Å². The average molecular weight is 338 g/mol. The van der Waals surface area contributed by atoms with Gasteiger partial charge in [0.2, 0.25) is 5.91 Å². The van der Waals surface area contributed by atoms with E-state index in [9.17, 15) is 4.79 Å². The minimum absolute atomic E-state index is 0.0438. The van der Waals surface area contributed by atoms with Crippen molar-refractivity contribution in [2.45, 2.75) is 38.1 Å². The van der Waals surface area contributed by atoms with Gasteiger partial charge in [-0.3, -0.25) is 14.4 Å². The molecule has 1 N–H and O–H groups in total. The Morgan fingerprint density at radius 1 is 1.32 bits per heavy atom. The third-order valence-corrected chi connectivity index (χ3v) is 5.92. The number of rotatable bonds is 4. The summed E-state index contributed by atoms with van der Waals surface area (Å²) >= 11 is 0. The molecule has 0 bridgehead atoms. The Morgan fingerprint density at radius 2 is 2.12 bits per heavy atom. The van der Waals surface area contributed by atoms with Gasteiger partial charge in [-0.25, -0.2) is 0 Å². The van der Waals surface area contributed by atoms with E-state index < -0.39 is 0 Å². The van der Waals surface area contributed by atoms with Gasteiger partial charge in [0, 0.05) is 19.7 Å². The molecule has 5 nitrogen and oxygen atoms in total. The molecule has 2 aliphatic rings. The Balaban J connectivity index is 1.52. The number of aromatic nitrogens is 2. The Morgan fingerprint density at radius 3 is 2.80 bits per heavy atom. The molecular formula is C20H26N4O. The molecule has 1 aliphatic heterocycles. The van der Waals surface area contributed by atoms with Gasteiger partial charge in [0.05, 0.1) is 17.8 Å². The molecule has 2 aromatic rings. The zero-order valence-corrected chi connectivity index (χ0v) is 15.0. The standard InChI is InChI=1S/C20H26N4O/c1-15-12-18(23(2)22-15)21-19(25)14-24-13-17-10-6-7-11-20(17,24)16-8-4-3-5-9-16/h3-5,8-9,12,17H,6-7,10-11,13-14H2,1-2H3,(H,21,25). The molecule has 1 saturated heterocycles. The van der Waals surface area contributed by atoms with E-state index in [0.717, 1.165) is 24.5 Å². The van der Waals surface area contributed by atoms with E-state index in [-0.39, 0.29) is 11.4 Å². The minimum atomic E-state index is 0.0438. The van der Waals surface area contributed by atoms with Crippen molar-refractivity contribution >= 4 is 11.7 Å². The fourth-order valence-electron chi connectivity index (χ4n) is 4.78. The molecule has 2 atom stereocenters. The molecule has 2 unspecified atom stereocenters. The molecular weight excluding hydrogens is 312 g/mol. The number of carbonyl (C=O) groups excluding carboxylic acids is 1. The number of hydrogen-bond donors (Lipinski definition) is 1. The number of anilines is 1. The molecule has 25 heavy (non-hydrogen) atoms. The van der Waals surface area contributed by atoms with Gasteiger partial charge in [-0.15, -0.1) is 0 Å². The highest BCUT2D eigenvalue weighted by Gasteiger charge is 2.55. The van der Waals surface area contributed by atoms with Crippen LogP contribution in [0.1, 0.15) is 36.9 Å². The van der Waals surface area contributed by atoms with Gasteiger partial charge in [-0.1, -0.05) is 43.2 Å². The zero-order valence-electron chi connectivity index (χ0n) is 15.0. The summed E-state index contributed by atoms with van der Waals surface area (Å²) in [7, 11) is 1.86. The fraction of sp³-hybridized carbons (Fsp3) is 0.500. The molecule has 4 rings (SSSR count). The summed E-state index contributed by atoms with van der Waals surface area (Å²) in [4.78, 5) is 15.0. The second-order valence-corrected chi connectivity index (χ2v) is 7.46. The van der Waals surface area contributed by atoms with E-state index in [1.165, 1.54) is 24.8 Å². The van der Waals surface area contributed by atoms with E-state index >= 15 is 0 Å². The lowest BCUT2D eigenvalue weighted by Gasteiger charge is -2.61. The number of aryl methyl sites for hydroxylation is 2. The summed E-state index contributed by atoms with van der Waals surface area (Å²) in [6, 6.07) is 12.7. The van der Waals surface area contributed by atoms with E-state index in [2.05, 4.69) is 45.6 Å². The fourth-order valence-corrected chi connectivity index (χ4v) is 4.78. The number of nitrogens with zero attached hydrogens (tertiary/aromatic N) is 3. The van der Waals surface area contributed by atoms with Crippen LogP contribution in [0.3, 0.4) is 0 Å². The number of amides is 1. The Hall–Kier alpha value is -2.14. The molecule has 1 saturated carbocycles. The molecule has 1 aromatic carbocycles. The molecule has 2 fully saturated rings. The number of benzene rings is 1. The summed E-state index contributed by atoms with van der Waals surface area (Å²) in [5.74, 6) is 1.48. The normalized spacial score (nSPS) is 25.9. The predicted molar refractivity (Wildman–Crippen MR) is 98.2 cm³/mol. The monoisotopic (exact) mass is 338 g/mol. The number of carbonyl (C=O) groups is 1. The Kier molecular flexibility index (Phi) is 4.12. The van der Waals surface area contributed by atoms with E-state index in [1.54, 1.807) is 4.68 Å². The van der Waals surface area contributed by atoms with Crippen LogP contribution in [0.25, 0.3) is 0 Å². The van der Waals surface area contributed by atoms with Crippen molar-refractivity contribution in [2.24, 2.45) is 13.0 Å². The topological polar surface area (TPSA) is 50.2 Å². The maximum atomic E-state index is 12.6. The molecule has 1 amide bonds. The van der Waals surface area contributed by atoms with Crippen LogP contribution in [0.2, 0.25) is 0 Å². The average Bonchev–Trinajstić information content (AvgIpc) is 2.91. The lowest BCUT2D eigenvalue weighted by molar-refractivity contribution is -0.138. The molecule has 1 aromatic heterocycles. The smallest absolute Gasteiger partial charge is 0.239 e. The largest absolute Gasteiger partial charge is 0.310 e. The zero-order chi connectivity index (χ0) is 17.4. The van der Waals surface area contributed by atoms with Gasteiger partial charge in [-0.2, -0.15) is 5.10 Å². The van der Waals surface area contributed by atoms with Gasteiger partial charge < -0.3 is 5.32 Å². The van der Waals surface area contributed by atoms with Gasteiger partial charge in [0.15, 0.2) is 0 Å². The molecule has 2 heterocycles. The van der Waals surface area contributed by atoms with Crippen LogP contribution < -0.4 is 5.32 Å². The van der Waals surface area contributed by atoms with Crippen molar-refractivity contribution < 1.29 is 4.79 Å². The molecule has 0 spiro atoms. The van der Waals surface area contributed by atoms with Crippen LogP contribution in [-0.4, -0.2) is 33.7 Å². The van der Waals surface area contributed by atoms with Gasteiger partial charge in [-0.05, 0) is 31.2 Å². The Labute approximate surface area is 149 Å². The molecule has 0 radical (unpaired) electrons. The summed E-state index contributed by atoms with van der Waals surface area (Å²) < 4.78 is 1.72. The minimum Gasteiger partial charge on any atom is -0.310 e. The predicted octanol–water partition coefficient (Wildman–Crippen LogP) is 3.07. The van der Waals surface area contributed by atoms with Crippen molar-refractivity contribution in [3.8, 4) is 0 Å². The van der Waals surface area contributed by atoms with E-state index in [0.29, 0.717) is 12.5 Å². The first kappa shape index (κ1) is 16.3. The molecule has 132 valence electrons. The maximum absolute atomic E-state index is 12.6. The summed E-state index contributed by atoms with van der Waals surface area (Å²) in [5, 5.41) is 7.31. The van der Waals surface area contributed by atoms with Crippen LogP contribution in [0, 0.1) is 12.8 Å². The van der Waals surface area contributed by atoms with Crippen molar-refractivity contribution in [1.29, 1.82) is 0 Å². The summed E-state index contributed by atoms with van der Waals surface area (Å²) in [6.07, 6.45) is 4.98. The van der Waals surface area contributed by atoms with Crippen LogP contribution in [-0.2, 0) is 17.4 Å². The van der Waals surface area contributed by atoms with Crippen molar-refractivity contribution in [3.05, 3.63) is 47.7 Å². The lowest BCUT2D eigenvalue weighted by atomic mass is 9.62. The molecule has 5 heteroatoms. The molecule has 1 aliphatic carbocycles. The van der Waals surface area contributed by atoms with E-state index in [4.69, 9.17) is 0 Å². The summed E-state index contributed by atoms with van der Waals surface area (Å²) in [6.45, 7) is 3.39. The van der Waals surface area contributed by atoms with E-state index in [1.807, 2.05) is 20.0 Å². The second-order valence-electron chi connectivity index (χ2n) is 7.46. The van der Waals surface area contributed by atoms with Crippen LogP contribution in [0.15, 0.2) is 36.4 Å². The first-order valence-electron chi connectivity index (χ1n) is 9.20. The second kappa shape index (κ2) is 6.30. The number of nitrogens with one attached hydrogen (secondary N) is 1. The van der Waals surface area contributed by atoms with Gasteiger partial charge >= 0.3 is 0 Å². The SMILES string of the molecule is Cc1cc(NC(=O)CN2CC3CCCCC32c2ccccc2)n(C)n1. The first-order valence-corrected chi connectivity index (χ1v) is 9.20. The van der Waals surface area contributed by atoms with Gasteiger partial charge in [0.25, 0.3) is 0 Å². The van der Waals surface area contributed by atoms with Crippen LogP contribution in [0.5, 0.6) is 0 Å². The number of likely N-dealkylation sites (tertiary alicyclic amines) is 1. The van der Waals surface area contributed by atoms with Crippen molar-refractivity contribution in [3.63, 3.8) is 0 Å². The third kappa shape index (κ3) is 2.76. The lowest BCUT2D eigenvalue weighted by Crippen LogP contribution is -2.67. The number of fused-ring (bicyclic) bond motifs is 1. The van der Waals surface area contributed by atoms with Crippen molar-refractivity contribution in [1.82, 2.24) is 14.7 Å². The highest BCUT2D eigenvalue weighted by molar-refractivity contribution is 5.91. The van der Waals surface area contributed by atoms with Crippen LogP contribution in [0.4, 0.5) is 5.82 Å². The first-order chi connectivity index (χ1) is 12.1. The third-order valence-electron chi connectivity index (χ3n) is 5.92. The highest BCUT2D eigenvalue weighted by Crippen LogP contribution is 2.53. The van der Waals surface area contributed by atoms with Gasteiger partial charge in [0.1, 0.15) is 5.82 Å². The highest BCUT2D eigenvalue weighted by atomic mass is 16.2. The van der Waals surface area contributed by atoms with Crippen LogP contribution >= 0.6 is 0 Å². The Bertz CT molecular complexity index is 769. The maximum Gasteiger partial charge on any atom is 0.239 e. The quantitative estimate of drug-likeness (QED) is 0.932. The summed E-state index contributed by atoms with van der Waals surface area (Å²) in [5.41, 5.74) is 2.34.